The Morgan fingerprint density at radius 3 is 2.65 bits per heavy atom. The quantitative estimate of drug-likeness (QED) is 0.362. The predicted molar refractivity (Wildman–Crippen MR) is 152 cm³/mol. The standard InChI is InChI=1S/C28H34B2N6O/c1-15(18-9-8-10-20(23(18)29)28(30)27(5,35-28)14-31-6)32-24-19-12-22-17(11-21(19)33-16(2)34-24)13-26(3,4)25(37)36(22)7/h8-12,15,31,35H,13-14H2,1-7H3,(H,32,33,34)/t15-,27?,28?/m1/s1. The molecule has 2 aromatic carbocycles. The summed E-state index contributed by atoms with van der Waals surface area (Å²) in [5, 5.41) is 11.1. The molecule has 0 bridgehead atoms. The Balaban J connectivity index is 1.52. The molecule has 1 saturated heterocycles. The average Bonchev–Trinajstić information content (AvgIpc) is 3.37. The second kappa shape index (κ2) is 8.57. The molecule has 37 heavy (non-hydrogen) atoms. The first-order valence-electron chi connectivity index (χ1n) is 12.8. The molecule has 4 radical (unpaired) electrons. The van der Waals surface area contributed by atoms with Crippen LogP contribution in [0.2, 0.25) is 0 Å². The zero-order chi connectivity index (χ0) is 26.9. The maximum absolute atomic E-state index is 12.9. The summed E-state index contributed by atoms with van der Waals surface area (Å²) in [4.78, 5) is 24.1. The molecule has 0 spiro atoms. The molecular weight excluding hydrogens is 458 g/mol. The number of aromatic nitrogens is 2. The van der Waals surface area contributed by atoms with Gasteiger partial charge in [-0.2, -0.15) is 0 Å². The van der Waals surface area contributed by atoms with E-state index in [2.05, 4.69) is 35.9 Å². The third-order valence-corrected chi connectivity index (χ3v) is 8.08. The molecule has 1 aromatic heterocycles. The molecule has 0 saturated carbocycles. The third kappa shape index (κ3) is 4.03. The van der Waals surface area contributed by atoms with Gasteiger partial charge >= 0.3 is 0 Å². The number of carbonyl (C=O) groups is 1. The van der Waals surface area contributed by atoms with E-state index >= 15 is 0 Å². The number of aryl methyl sites for hydroxylation is 1. The average molecular weight is 492 g/mol. The molecule has 2 unspecified atom stereocenters. The topological polar surface area (TPSA) is 92.1 Å². The van der Waals surface area contributed by atoms with Crippen molar-refractivity contribution >= 4 is 49.5 Å². The molecule has 1 amide bonds. The molecule has 3 heterocycles. The van der Waals surface area contributed by atoms with Crippen molar-refractivity contribution in [2.24, 2.45) is 5.41 Å². The molecule has 3 N–H and O–H groups in total. The van der Waals surface area contributed by atoms with Gasteiger partial charge in [-0.25, -0.2) is 9.97 Å². The molecule has 3 atom stereocenters. The Morgan fingerprint density at radius 2 is 1.95 bits per heavy atom. The van der Waals surface area contributed by atoms with Gasteiger partial charge in [0.15, 0.2) is 0 Å². The van der Waals surface area contributed by atoms with Gasteiger partial charge in [0.1, 0.15) is 27.3 Å². The van der Waals surface area contributed by atoms with Crippen molar-refractivity contribution in [3.63, 3.8) is 0 Å². The third-order valence-electron chi connectivity index (χ3n) is 8.08. The van der Waals surface area contributed by atoms with Gasteiger partial charge in [-0.3, -0.25) is 4.79 Å². The molecule has 1 fully saturated rings. The minimum Gasteiger partial charge on any atom is -0.363 e. The molecule has 9 heteroatoms. The van der Waals surface area contributed by atoms with Gasteiger partial charge in [-0.1, -0.05) is 37.5 Å². The maximum Gasteiger partial charge on any atom is 0.232 e. The summed E-state index contributed by atoms with van der Waals surface area (Å²) in [5.41, 5.74) is 3.94. The molecule has 5 rings (SSSR count). The second-order valence-electron chi connectivity index (χ2n) is 11.5. The van der Waals surface area contributed by atoms with E-state index < -0.39 is 10.9 Å². The Kier molecular flexibility index (Phi) is 5.96. The van der Waals surface area contributed by atoms with Gasteiger partial charge in [0, 0.05) is 47.1 Å². The Hall–Kier alpha value is -2.90. The highest BCUT2D eigenvalue weighted by atomic mass is 16.2. The lowest BCUT2D eigenvalue weighted by atomic mass is 9.66. The fourth-order valence-corrected chi connectivity index (χ4v) is 5.90. The molecule has 7 nitrogen and oxygen atoms in total. The molecule has 188 valence electrons. The van der Waals surface area contributed by atoms with Gasteiger partial charge in [0.25, 0.3) is 0 Å². The summed E-state index contributed by atoms with van der Waals surface area (Å²) in [6.45, 7) is 10.7. The van der Waals surface area contributed by atoms with Gasteiger partial charge < -0.3 is 20.9 Å². The molecule has 3 aromatic rings. The zero-order valence-electron chi connectivity index (χ0n) is 22.8. The first-order valence-corrected chi connectivity index (χ1v) is 12.8. The van der Waals surface area contributed by atoms with Crippen molar-refractivity contribution in [2.45, 2.75) is 58.1 Å². The number of fused-ring (bicyclic) bond motifs is 2. The number of hydrogen-bond acceptors (Lipinski definition) is 6. The van der Waals surface area contributed by atoms with Crippen molar-refractivity contribution in [3.8, 4) is 0 Å². The van der Waals surface area contributed by atoms with E-state index in [1.54, 1.807) is 4.90 Å². The lowest BCUT2D eigenvalue weighted by Gasteiger charge is -2.36. The number of rotatable bonds is 6. The number of anilines is 2. The Morgan fingerprint density at radius 1 is 1.22 bits per heavy atom. The largest absolute Gasteiger partial charge is 0.363 e. The monoisotopic (exact) mass is 492 g/mol. The molecule has 2 aliphatic rings. The van der Waals surface area contributed by atoms with Gasteiger partial charge in [0.2, 0.25) is 5.91 Å². The van der Waals surface area contributed by atoms with Gasteiger partial charge in [-0.05, 0) is 63.1 Å². The van der Waals surface area contributed by atoms with E-state index in [9.17, 15) is 4.79 Å². The summed E-state index contributed by atoms with van der Waals surface area (Å²) in [6, 6.07) is 9.97. The first-order chi connectivity index (χ1) is 17.3. The SMILES string of the molecule is [B]c1c([C@@H](C)Nc2nc(C)nc3cc4c(cc23)N(C)C(=O)C(C)(C)C4)cccc1C1([B])NC1(C)CNC. The Labute approximate surface area is 222 Å². The van der Waals surface area contributed by atoms with Crippen LogP contribution < -0.4 is 26.3 Å². The summed E-state index contributed by atoms with van der Waals surface area (Å²) < 4.78 is 0. The van der Waals surface area contributed by atoms with E-state index in [4.69, 9.17) is 25.7 Å². The maximum atomic E-state index is 12.9. The van der Waals surface area contributed by atoms with Crippen LogP contribution in [0.5, 0.6) is 0 Å². The predicted octanol–water partition coefficient (Wildman–Crippen LogP) is 2.35. The van der Waals surface area contributed by atoms with Crippen LogP contribution >= 0.6 is 0 Å². The van der Waals surface area contributed by atoms with Gasteiger partial charge in [-0.15, -0.1) is 0 Å². The highest BCUT2D eigenvalue weighted by molar-refractivity contribution is 6.36. The van der Waals surface area contributed by atoms with E-state index in [-0.39, 0.29) is 17.5 Å². The number of nitrogens with zero attached hydrogens (tertiary/aromatic N) is 3. The van der Waals surface area contributed by atoms with Crippen molar-refractivity contribution in [3.05, 3.63) is 52.8 Å². The van der Waals surface area contributed by atoms with Gasteiger partial charge in [0.05, 0.1) is 5.52 Å². The van der Waals surface area contributed by atoms with Crippen LogP contribution in [0.15, 0.2) is 30.3 Å². The van der Waals surface area contributed by atoms with Crippen molar-refractivity contribution in [1.29, 1.82) is 0 Å². The lowest BCUT2D eigenvalue weighted by molar-refractivity contribution is -0.126. The van der Waals surface area contributed by atoms with E-state index in [0.29, 0.717) is 23.5 Å². The normalized spacial score (nSPS) is 25.2. The van der Waals surface area contributed by atoms with E-state index in [0.717, 1.165) is 39.8 Å². The minimum atomic E-state index is -0.696. The van der Waals surface area contributed by atoms with Crippen molar-refractivity contribution in [2.75, 3.05) is 30.9 Å². The van der Waals surface area contributed by atoms with Crippen molar-refractivity contribution in [1.82, 2.24) is 20.6 Å². The number of carbonyl (C=O) groups excluding carboxylic acids is 1. The smallest absolute Gasteiger partial charge is 0.232 e. The van der Waals surface area contributed by atoms with Crippen molar-refractivity contribution < 1.29 is 4.79 Å². The van der Waals surface area contributed by atoms with Crippen LogP contribution in [-0.2, 0) is 16.7 Å². The number of likely N-dealkylation sites (N-methyl/N-ethyl adjacent to an activating group) is 1. The number of amides is 1. The minimum absolute atomic E-state index is 0.106. The highest BCUT2D eigenvalue weighted by Crippen LogP contribution is 2.44. The number of nitrogens with one attached hydrogen (secondary N) is 3. The number of benzene rings is 2. The Bertz CT molecular complexity index is 1430. The van der Waals surface area contributed by atoms with Crippen LogP contribution in [0.4, 0.5) is 11.5 Å². The summed E-state index contributed by atoms with van der Waals surface area (Å²) in [5.74, 6) is 1.49. The first kappa shape index (κ1) is 25.7. The highest BCUT2D eigenvalue weighted by Gasteiger charge is 2.60. The molecular formula is C28H34B2N6O. The van der Waals surface area contributed by atoms with Crippen LogP contribution in [0.3, 0.4) is 0 Å². The summed E-state index contributed by atoms with van der Waals surface area (Å²) in [6.07, 6.45) is 0.675. The zero-order valence-corrected chi connectivity index (χ0v) is 22.8. The van der Waals surface area contributed by atoms with Crippen LogP contribution in [0, 0.1) is 12.3 Å². The van der Waals surface area contributed by atoms with Crippen LogP contribution in [0.1, 0.15) is 56.3 Å². The van der Waals surface area contributed by atoms with E-state index in [1.165, 1.54) is 0 Å². The second-order valence-corrected chi connectivity index (χ2v) is 11.5. The number of hydrogen-bond donors (Lipinski definition) is 3. The lowest BCUT2D eigenvalue weighted by Crippen LogP contribution is -2.44. The molecule has 0 aliphatic carbocycles. The molecule has 2 aliphatic heterocycles. The van der Waals surface area contributed by atoms with Crippen LogP contribution in [0.25, 0.3) is 10.9 Å². The fraction of sp³-hybridized carbons (Fsp3) is 0.464. The fourth-order valence-electron chi connectivity index (χ4n) is 5.90. The summed E-state index contributed by atoms with van der Waals surface area (Å²) >= 11 is 0. The van der Waals surface area contributed by atoms with Crippen LogP contribution in [-0.4, -0.2) is 57.7 Å². The van der Waals surface area contributed by atoms with E-state index in [1.807, 2.05) is 59.1 Å². The summed E-state index contributed by atoms with van der Waals surface area (Å²) in [7, 11) is 17.2.